The van der Waals surface area contributed by atoms with E-state index in [1.165, 1.54) is 31.0 Å². The van der Waals surface area contributed by atoms with Crippen LogP contribution in [0.15, 0.2) is 10.6 Å². The van der Waals surface area contributed by atoms with Gasteiger partial charge in [-0.2, -0.15) is 0 Å². The van der Waals surface area contributed by atoms with Crippen LogP contribution >= 0.6 is 11.8 Å². The first-order chi connectivity index (χ1) is 13.9. The normalized spacial score (nSPS) is 29.5. The van der Waals surface area contributed by atoms with Gasteiger partial charge in [-0.15, -0.1) is 11.8 Å². The van der Waals surface area contributed by atoms with E-state index < -0.39 is 0 Å². The van der Waals surface area contributed by atoms with E-state index in [-0.39, 0.29) is 34.6 Å². The number of nitrogens with zero attached hydrogens (tertiary/aromatic N) is 1. The number of amides is 3. The first-order valence-electron chi connectivity index (χ1n) is 10.3. The number of hydrogen-bond donors (Lipinski definition) is 3. The predicted molar refractivity (Wildman–Crippen MR) is 109 cm³/mol. The Labute approximate surface area is 174 Å². The van der Waals surface area contributed by atoms with E-state index in [4.69, 9.17) is 4.52 Å². The summed E-state index contributed by atoms with van der Waals surface area (Å²) in [6.07, 6.45) is 8.03. The van der Waals surface area contributed by atoms with Crippen molar-refractivity contribution >= 4 is 35.3 Å². The van der Waals surface area contributed by atoms with Gasteiger partial charge in [0, 0.05) is 12.5 Å². The Morgan fingerprint density at radius 2 is 1.62 bits per heavy atom. The lowest BCUT2D eigenvalue weighted by molar-refractivity contribution is -0.133. The summed E-state index contributed by atoms with van der Waals surface area (Å²) in [4.78, 5) is 36.2. The van der Waals surface area contributed by atoms with Crippen LogP contribution in [0.25, 0.3) is 0 Å². The average Bonchev–Trinajstić information content (AvgIpc) is 3.03. The summed E-state index contributed by atoms with van der Waals surface area (Å²) in [5.74, 6) is 2.87. The number of carbonyl (C=O) groups is 3. The molecular formula is C20H28N4O4S. The highest BCUT2D eigenvalue weighted by molar-refractivity contribution is 8.00. The van der Waals surface area contributed by atoms with Crippen molar-refractivity contribution in [1.29, 1.82) is 0 Å². The Balaban J connectivity index is 1.13. The van der Waals surface area contributed by atoms with Crippen molar-refractivity contribution in [3.05, 3.63) is 11.8 Å². The van der Waals surface area contributed by atoms with Gasteiger partial charge >= 0.3 is 0 Å². The quantitative estimate of drug-likeness (QED) is 0.584. The molecule has 158 valence electrons. The number of thioether (sulfide) groups is 1. The zero-order valence-corrected chi connectivity index (χ0v) is 17.5. The first-order valence-corrected chi connectivity index (χ1v) is 11.4. The Morgan fingerprint density at radius 3 is 2.21 bits per heavy atom. The number of hydrazine groups is 1. The Hall–Kier alpha value is -2.03. The molecule has 3 N–H and O–H groups in total. The van der Waals surface area contributed by atoms with Crippen molar-refractivity contribution in [1.82, 2.24) is 16.0 Å². The molecule has 5 rings (SSSR count). The van der Waals surface area contributed by atoms with Crippen molar-refractivity contribution in [2.24, 2.45) is 23.2 Å². The molecule has 4 bridgehead atoms. The summed E-state index contributed by atoms with van der Waals surface area (Å²) in [5.41, 5.74) is 5.19. The van der Waals surface area contributed by atoms with Crippen molar-refractivity contribution in [2.45, 2.75) is 51.9 Å². The van der Waals surface area contributed by atoms with Gasteiger partial charge in [0.25, 0.3) is 0 Å². The second-order valence-electron chi connectivity index (χ2n) is 9.05. The van der Waals surface area contributed by atoms with Crippen LogP contribution in [0.4, 0.5) is 5.82 Å². The highest BCUT2D eigenvalue weighted by Crippen LogP contribution is 2.61. The highest BCUT2D eigenvalue weighted by Gasteiger charge is 2.51. The predicted octanol–water partition coefficient (Wildman–Crippen LogP) is 2.41. The van der Waals surface area contributed by atoms with Crippen LogP contribution < -0.4 is 16.2 Å². The number of aryl methyl sites for hydroxylation is 1. The Kier molecular flexibility index (Phi) is 5.85. The van der Waals surface area contributed by atoms with E-state index in [1.54, 1.807) is 13.0 Å². The van der Waals surface area contributed by atoms with Crippen molar-refractivity contribution in [3.8, 4) is 0 Å². The third-order valence-electron chi connectivity index (χ3n) is 6.40. The van der Waals surface area contributed by atoms with E-state index in [2.05, 4.69) is 21.3 Å². The molecule has 4 aliphatic carbocycles. The van der Waals surface area contributed by atoms with E-state index in [1.807, 2.05) is 0 Å². The summed E-state index contributed by atoms with van der Waals surface area (Å²) in [5, 5.41) is 6.27. The number of anilines is 1. The fourth-order valence-corrected chi connectivity index (χ4v) is 6.52. The topological polar surface area (TPSA) is 113 Å². The SMILES string of the molecule is Cc1cc(NC(=O)CSCC(=O)NNC(=O)CC23CC4CC(CC(C4)C2)C3)no1. The molecule has 4 saturated carbocycles. The lowest BCUT2D eigenvalue weighted by Crippen LogP contribution is -2.50. The zero-order valence-electron chi connectivity index (χ0n) is 16.7. The van der Waals surface area contributed by atoms with E-state index in [0.29, 0.717) is 18.0 Å². The number of rotatable bonds is 7. The third kappa shape index (κ3) is 5.12. The molecule has 0 unspecified atom stereocenters. The zero-order chi connectivity index (χ0) is 20.4. The molecule has 1 aromatic heterocycles. The van der Waals surface area contributed by atoms with Crippen molar-refractivity contribution in [3.63, 3.8) is 0 Å². The monoisotopic (exact) mass is 420 g/mol. The summed E-state index contributed by atoms with van der Waals surface area (Å²) in [6, 6.07) is 1.62. The van der Waals surface area contributed by atoms with Gasteiger partial charge in [0.05, 0.1) is 11.5 Å². The minimum absolute atomic E-state index is 0.0862. The molecule has 0 atom stereocenters. The molecule has 0 saturated heterocycles. The van der Waals surface area contributed by atoms with Gasteiger partial charge in [0.2, 0.25) is 17.7 Å². The third-order valence-corrected chi connectivity index (χ3v) is 7.34. The standard InChI is InChI=1S/C20H28N4O4S/c1-12-2-16(24-28-12)21-18(26)10-29-11-19(27)23-22-17(25)9-20-6-13-3-14(7-20)5-15(4-13)8-20/h2,13-15H,3-11H2,1H3,(H,22,25)(H,23,27)(H,21,24,26). The van der Waals surface area contributed by atoms with Crippen molar-refractivity contribution < 1.29 is 18.9 Å². The maximum Gasteiger partial charge on any atom is 0.248 e. The minimum Gasteiger partial charge on any atom is -0.360 e. The van der Waals surface area contributed by atoms with Crippen LogP contribution in [0, 0.1) is 30.1 Å². The fraction of sp³-hybridized carbons (Fsp3) is 0.700. The van der Waals surface area contributed by atoms with Gasteiger partial charge in [0.15, 0.2) is 5.82 Å². The van der Waals surface area contributed by atoms with Crippen LogP contribution in [0.1, 0.15) is 50.7 Å². The molecule has 8 nitrogen and oxygen atoms in total. The lowest BCUT2D eigenvalue weighted by Gasteiger charge is -2.56. The molecule has 29 heavy (non-hydrogen) atoms. The van der Waals surface area contributed by atoms with E-state index in [0.717, 1.165) is 37.0 Å². The molecule has 0 radical (unpaired) electrons. The molecule has 0 aliphatic heterocycles. The number of nitrogens with one attached hydrogen (secondary N) is 3. The Bertz CT molecular complexity index is 758. The smallest absolute Gasteiger partial charge is 0.248 e. The summed E-state index contributed by atoms with van der Waals surface area (Å²) >= 11 is 1.17. The molecule has 3 amide bonds. The van der Waals surface area contributed by atoms with Gasteiger partial charge < -0.3 is 9.84 Å². The molecule has 0 spiro atoms. The summed E-state index contributed by atoms with van der Waals surface area (Å²) < 4.78 is 4.87. The molecule has 9 heteroatoms. The maximum absolute atomic E-state index is 12.4. The van der Waals surface area contributed by atoms with Gasteiger partial charge in [-0.05, 0) is 68.6 Å². The first kappa shape index (κ1) is 20.3. The summed E-state index contributed by atoms with van der Waals surface area (Å²) in [7, 11) is 0. The number of hydrogen-bond acceptors (Lipinski definition) is 6. The number of aromatic nitrogens is 1. The summed E-state index contributed by atoms with van der Waals surface area (Å²) in [6.45, 7) is 1.74. The van der Waals surface area contributed by atoms with Gasteiger partial charge in [0.1, 0.15) is 5.76 Å². The fourth-order valence-electron chi connectivity index (χ4n) is 5.91. The second kappa shape index (κ2) is 8.38. The van der Waals surface area contributed by atoms with Crippen LogP contribution in [0.2, 0.25) is 0 Å². The van der Waals surface area contributed by atoms with Crippen LogP contribution in [0.5, 0.6) is 0 Å². The molecule has 4 fully saturated rings. The lowest BCUT2D eigenvalue weighted by atomic mass is 9.49. The maximum atomic E-state index is 12.4. The van der Waals surface area contributed by atoms with E-state index >= 15 is 0 Å². The average molecular weight is 421 g/mol. The molecular weight excluding hydrogens is 392 g/mol. The van der Waals surface area contributed by atoms with Gasteiger partial charge in [-0.1, -0.05) is 5.16 Å². The van der Waals surface area contributed by atoms with Gasteiger partial charge in [-0.3, -0.25) is 25.2 Å². The second-order valence-corrected chi connectivity index (χ2v) is 10.0. The molecule has 1 aromatic rings. The number of carbonyl (C=O) groups excluding carboxylic acids is 3. The van der Waals surface area contributed by atoms with Crippen LogP contribution in [0.3, 0.4) is 0 Å². The molecule has 1 heterocycles. The van der Waals surface area contributed by atoms with Crippen molar-refractivity contribution in [2.75, 3.05) is 16.8 Å². The van der Waals surface area contributed by atoms with Gasteiger partial charge in [-0.25, -0.2) is 0 Å². The van der Waals surface area contributed by atoms with E-state index in [9.17, 15) is 14.4 Å². The minimum atomic E-state index is -0.320. The largest absolute Gasteiger partial charge is 0.360 e. The molecule has 4 aliphatic rings. The highest BCUT2D eigenvalue weighted by atomic mass is 32.2. The Morgan fingerprint density at radius 1 is 1.03 bits per heavy atom. The molecule has 0 aromatic carbocycles. The van der Waals surface area contributed by atoms with Crippen LogP contribution in [-0.2, 0) is 14.4 Å². The van der Waals surface area contributed by atoms with Crippen LogP contribution in [-0.4, -0.2) is 34.4 Å².